The van der Waals surface area contributed by atoms with Crippen molar-refractivity contribution in [1.29, 1.82) is 0 Å². The summed E-state index contributed by atoms with van der Waals surface area (Å²) in [5.74, 6) is 0.777. The van der Waals surface area contributed by atoms with E-state index < -0.39 is 0 Å². The normalized spacial score (nSPS) is 11.6. The van der Waals surface area contributed by atoms with E-state index >= 15 is 0 Å². The highest BCUT2D eigenvalue weighted by atomic mass is 79.9. The zero-order chi connectivity index (χ0) is 13.8. The topological polar surface area (TPSA) is 35.2 Å². The number of hydrogen-bond acceptors (Lipinski definition) is 2. The lowest BCUT2D eigenvalue weighted by molar-refractivity contribution is 0.306. The fourth-order valence-electron chi connectivity index (χ4n) is 1.73. The first kappa shape index (κ1) is 15.4. The number of benzene rings is 1. The van der Waals surface area contributed by atoms with E-state index in [4.69, 9.17) is 10.5 Å². The minimum Gasteiger partial charge on any atom is -0.490 e. The third kappa shape index (κ3) is 4.20. The van der Waals surface area contributed by atoms with Crippen LogP contribution in [0.4, 0.5) is 5.69 Å². The summed E-state index contributed by atoms with van der Waals surface area (Å²) in [6.45, 7) is 9.44. The molecular formula is C15H24BrNO. The molecule has 0 amide bonds. The third-order valence-corrected chi connectivity index (χ3v) is 3.52. The van der Waals surface area contributed by atoms with Crippen molar-refractivity contribution in [2.45, 2.75) is 52.4 Å². The van der Waals surface area contributed by atoms with Crippen molar-refractivity contribution in [3.05, 3.63) is 22.2 Å². The monoisotopic (exact) mass is 313 g/mol. The Kier molecular flexibility index (Phi) is 5.51. The van der Waals surface area contributed by atoms with Gasteiger partial charge in [-0.3, -0.25) is 0 Å². The van der Waals surface area contributed by atoms with Gasteiger partial charge in [0.05, 0.1) is 16.8 Å². The molecule has 0 aromatic heterocycles. The summed E-state index contributed by atoms with van der Waals surface area (Å²) in [5.41, 5.74) is 8.10. The number of nitrogens with two attached hydrogens (primary N) is 1. The summed E-state index contributed by atoms with van der Waals surface area (Å²) < 4.78 is 6.71. The van der Waals surface area contributed by atoms with Gasteiger partial charge in [-0.1, -0.05) is 40.5 Å². The summed E-state index contributed by atoms with van der Waals surface area (Å²) in [7, 11) is 0. The van der Waals surface area contributed by atoms with Crippen LogP contribution in [0.1, 0.15) is 52.5 Å². The van der Waals surface area contributed by atoms with Crippen molar-refractivity contribution in [2.24, 2.45) is 0 Å². The molecule has 0 saturated carbocycles. The molecule has 102 valence electrons. The lowest BCUT2D eigenvalue weighted by Crippen LogP contribution is -2.12. The van der Waals surface area contributed by atoms with Crippen LogP contribution in [0.2, 0.25) is 0 Å². The van der Waals surface area contributed by atoms with Crippen LogP contribution in [0, 0.1) is 0 Å². The summed E-state index contributed by atoms with van der Waals surface area (Å²) in [6.07, 6.45) is 3.46. The number of unbranched alkanes of at least 4 members (excludes halogenated alkanes) is 2. The van der Waals surface area contributed by atoms with E-state index in [2.05, 4.69) is 49.7 Å². The molecule has 3 heteroatoms. The van der Waals surface area contributed by atoms with Crippen LogP contribution in [-0.2, 0) is 5.41 Å². The van der Waals surface area contributed by atoms with Gasteiger partial charge in [0.1, 0.15) is 0 Å². The molecule has 0 radical (unpaired) electrons. The number of nitrogen functional groups attached to an aromatic ring is 1. The van der Waals surface area contributed by atoms with Crippen molar-refractivity contribution in [3.8, 4) is 5.75 Å². The maximum absolute atomic E-state index is 6.08. The van der Waals surface area contributed by atoms with E-state index in [0.717, 1.165) is 23.2 Å². The number of ether oxygens (including phenoxy) is 1. The molecule has 2 nitrogen and oxygen atoms in total. The molecule has 0 unspecified atom stereocenters. The minimum absolute atomic E-state index is 0.0946. The van der Waals surface area contributed by atoms with Gasteiger partial charge in [0.2, 0.25) is 0 Å². The van der Waals surface area contributed by atoms with Crippen LogP contribution in [0.5, 0.6) is 5.75 Å². The van der Waals surface area contributed by atoms with Gasteiger partial charge in [-0.05, 0) is 45.5 Å². The average molecular weight is 314 g/mol. The molecule has 1 aromatic rings. The Hall–Kier alpha value is -0.700. The van der Waals surface area contributed by atoms with E-state index in [-0.39, 0.29) is 5.41 Å². The van der Waals surface area contributed by atoms with Gasteiger partial charge in [0.25, 0.3) is 0 Å². The first-order valence-corrected chi connectivity index (χ1v) is 7.38. The maximum Gasteiger partial charge on any atom is 0.156 e. The number of rotatable bonds is 5. The van der Waals surface area contributed by atoms with Gasteiger partial charge in [-0.25, -0.2) is 0 Å². The largest absolute Gasteiger partial charge is 0.490 e. The highest BCUT2D eigenvalue weighted by Crippen LogP contribution is 2.36. The highest BCUT2D eigenvalue weighted by Gasteiger charge is 2.17. The van der Waals surface area contributed by atoms with E-state index in [1.54, 1.807) is 0 Å². The summed E-state index contributed by atoms with van der Waals surface area (Å²) >= 11 is 3.55. The Bertz CT molecular complexity index is 373. The molecule has 2 N–H and O–H groups in total. The van der Waals surface area contributed by atoms with E-state index in [9.17, 15) is 0 Å². The zero-order valence-corrected chi connectivity index (χ0v) is 13.4. The van der Waals surface area contributed by atoms with Crippen LogP contribution >= 0.6 is 15.9 Å². The highest BCUT2D eigenvalue weighted by molar-refractivity contribution is 9.10. The van der Waals surface area contributed by atoms with Crippen molar-refractivity contribution in [3.63, 3.8) is 0 Å². The fourth-order valence-corrected chi connectivity index (χ4v) is 2.32. The van der Waals surface area contributed by atoms with Gasteiger partial charge in [0.15, 0.2) is 5.75 Å². The fraction of sp³-hybridized carbons (Fsp3) is 0.600. The minimum atomic E-state index is 0.0946. The van der Waals surface area contributed by atoms with Crippen LogP contribution < -0.4 is 10.5 Å². The Balaban J connectivity index is 2.82. The standard InChI is InChI=1S/C15H24BrNO/c1-5-6-7-8-18-14-12(16)9-11(10-13(14)17)15(2,3)4/h9-10H,5-8,17H2,1-4H3. The molecular weight excluding hydrogens is 290 g/mol. The Morgan fingerprint density at radius 3 is 2.39 bits per heavy atom. The van der Waals surface area contributed by atoms with E-state index in [1.165, 1.54) is 18.4 Å². The zero-order valence-electron chi connectivity index (χ0n) is 11.8. The lowest BCUT2D eigenvalue weighted by atomic mass is 9.87. The number of hydrogen-bond donors (Lipinski definition) is 1. The van der Waals surface area contributed by atoms with Gasteiger partial charge >= 0.3 is 0 Å². The molecule has 1 aromatic carbocycles. The van der Waals surface area contributed by atoms with Crippen LogP contribution in [-0.4, -0.2) is 6.61 Å². The summed E-state index contributed by atoms with van der Waals surface area (Å²) in [6, 6.07) is 4.12. The molecule has 0 saturated heterocycles. The molecule has 0 atom stereocenters. The Morgan fingerprint density at radius 1 is 1.22 bits per heavy atom. The summed E-state index contributed by atoms with van der Waals surface area (Å²) in [4.78, 5) is 0. The second kappa shape index (κ2) is 6.46. The molecule has 0 aliphatic heterocycles. The van der Waals surface area contributed by atoms with E-state index in [0.29, 0.717) is 5.69 Å². The van der Waals surface area contributed by atoms with Crippen molar-refractivity contribution < 1.29 is 4.74 Å². The maximum atomic E-state index is 6.08. The molecule has 0 heterocycles. The van der Waals surface area contributed by atoms with Gasteiger partial charge < -0.3 is 10.5 Å². The molecule has 1 rings (SSSR count). The van der Waals surface area contributed by atoms with E-state index in [1.807, 2.05) is 6.07 Å². The van der Waals surface area contributed by atoms with Crippen LogP contribution in [0.25, 0.3) is 0 Å². The molecule has 0 fully saturated rings. The average Bonchev–Trinajstić information content (AvgIpc) is 2.25. The third-order valence-electron chi connectivity index (χ3n) is 2.93. The first-order chi connectivity index (χ1) is 8.36. The number of halogens is 1. The SMILES string of the molecule is CCCCCOc1c(N)cc(C(C)(C)C)cc1Br. The Labute approximate surface area is 119 Å². The molecule has 0 aliphatic carbocycles. The van der Waals surface area contributed by atoms with Crippen molar-refractivity contribution in [1.82, 2.24) is 0 Å². The summed E-state index contributed by atoms with van der Waals surface area (Å²) in [5, 5.41) is 0. The lowest BCUT2D eigenvalue weighted by Gasteiger charge is -2.21. The second-order valence-corrected chi connectivity index (χ2v) is 6.54. The predicted octanol–water partition coefficient (Wildman–Crippen LogP) is 4.90. The van der Waals surface area contributed by atoms with Crippen LogP contribution in [0.15, 0.2) is 16.6 Å². The van der Waals surface area contributed by atoms with Gasteiger partial charge in [-0.15, -0.1) is 0 Å². The van der Waals surface area contributed by atoms with Gasteiger partial charge in [-0.2, -0.15) is 0 Å². The van der Waals surface area contributed by atoms with Crippen molar-refractivity contribution >= 4 is 21.6 Å². The van der Waals surface area contributed by atoms with Crippen LogP contribution in [0.3, 0.4) is 0 Å². The predicted molar refractivity (Wildman–Crippen MR) is 82.3 cm³/mol. The first-order valence-electron chi connectivity index (χ1n) is 6.58. The quantitative estimate of drug-likeness (QED) is 0.620. The Morgan fingerprint density at radius 2 is 1.89 bits per heavy atom. The molecule has 0 bridgehead atoms. The van der Waals surface area contributed by atoms with Crippen molar-refractivity contribution in [2.75, 3.05) is 12.3 Å². The van der Waals surface area contributed by atoms with Gasteiger partial charge in [0, 0.05) is 0 Å². The molecule has 0 aliphatic rings. The smallest absolute Gasteiger partial charge is 0.156 e. The second-order valence-electron chi connectivity index (χ2n) is 5.68. The molecule has 0 spiro atoms. The number of anilines is 1. The molecule has 18 heavy (non-hydrogen) atoms.